The highest BCUT2D eigenvalue weighted by Crippen LogP contribution is 2.41. The molecule has 1 fully saturated rings. The highest BCUT2D eigenvalue weighted by Gasteiger charge is 2.38. The molecule has 0 spiro atoms. The summed E-state index contributed by atoms with van der Waals surface area (Å²) in [6.07, 6.45) is 0. The summed E-state index contributed by atoms with van der Waals surface area (Å²) in [4.78, 5) is 0. The molecule has 0 aliphatic carbocycles. The smallest absolute Gasteiger partial charge is 0.0410 e. The van der Waals surface area contributed by atoms with Crippen LogP contribution in [0.2, 0.25) is 17.6 Å². The molecule has 0 aromatic carbocycles. The third-order valence-corrected chi connectivity index (χ3v) is 23.1. The maximum absolute atomic E-state index is 2.53. The maximum Gasteiger partial charge on any atom is 0.0410 e. The van der Waals surface area contributed by atoms with Crippen molar-refractivity contribution in [1.82, 2.24) is 0 Å². The summed E-state index contributed by atoms with van der Waals surface area (Å²) in [6, 6.07) is 1.62. The predicted molar refractivity (Wildman–Crippen MR) is 46.2 cm³/mol. The lowest BCUT2D eigenvalue weighted by Crippen LogP contribution is -2.47. The highest BCUT2D eigenvalue weighted by atomic mass is 29.4. The molecule has 0 saturated carbocycles. The van der Waals surface area contributed by atoms with Crippen molar-refractivity contribution in [2.45, 2.75) is 31.5 Å². The minimum atomic E-state index is -0.0741. The fourth-order valence-electron chi connectivity index (χ4n) is 1.56. The van der Waals surface area contributed by atoms with Crippen molar-refractivity contribution in [3.05, 3.63) is 0 Å². The Morgan fingerprint density at radius 1 is 1.62 bits per heavy atom. The van der Waals surface area contributed by atoms with E-state index in [1.54, 1.807) is 6.04 Å². The van der Waals surface area contributed by atoms with E-state index < -0.39 is 0 Å². The molecule has 0 amide bonds. The first kappa shape index (κ1) is 6.77. The third-order valence-electron chi connectivity index (χ3n) is 2.28. The molecule has 0 radical (unpaired) electrons. The van der Waals surface area contributed by atoms with Gasteiger partial charge in [-0.3, -0.25) is 0 Å². The Kier molecular flexibility index (Phi) is 1.54. The quantitative estimate of drug-likeness (QED) is 0.446. The van der Waals surface area contributed by atoms with E-state index in [-0.39, 0.29) is 15.7 Å². The van der Waals surface area contributed by atoms with E-state index in [1.165, 1.54) is 0 Å². The fraction of sp³-hybridized carbons (Fsp3) is 1.00. The van der Waals surface area contributed by atoms with Crippen molar-refractivity contribution >= 4 is 25.1 Å². The topological polar surface area (TPSA) is 0 Å². The summed E-state index contributed by atoms with van der Waals surface area (Å²) >= 11 is 0. The van der Waals surface area contributed by atoms with E-state index in [1.807, 2.05) is 0 Å². The minimum Gasteiger partial charge on any atom is -0.0718 e. The van der Waals surface area contributed by atoms with Gasteiger partial charge in [-0.05, 0) is 21.8 Å². The van der Waals surface area contributed by atoms with Crippen LogP contribution in [-0.4, -0.2) is 25.1 Å². The van der Waals surface area contributed by atoms with Gasteiger partial charge in [0.1, 0.15) is 0 Å². The Labute approximate surface area is 57.0 Å². The lowest BCUT2D eigenvalue weighted by atomic mass is 10.2. The van der Waals surface area contributed by atoms with E-state index in [2.05, 4.69) is 29.7 Å². The second kappa shape index (κ2) is 1.82. The first-order valence-corrected chi connectivity index (χ1v) is 10.8. The SMILES string of the molecule is C[SiH]1CC(C)(C)[Si]1=[SiH2]. The van der Waals surface area contributed by atoms with E-state index in [0.29, 0.717) is 0 Å². The molecular formula is C5H14Si3. The monoisotopic (exact) mass is 158 g/mol. The lowest BCUT2D eigenvalue weighted by Gasteiger charge is -2.42. The van der Waals surface area contributed by atoms with Crippen LogP contribution in [0.4, 0.5) is 0 Å². The first-order valence-electron chi connectivity index (χ1n) is 3.23. The Morgan fingerprint density at radius 2 is 2.12 bits per heavy atom. The number of rotatable bonds is 0. The molecule has 1 unspecified atom stereocenters. The largest absolute Gasteiger partial charge is 0.0718 e. The van der Waals surface area contributed by atoms with Crippen LogP contribution in [0.15, 0.2) is 0 Å². The summed E-state index contributed by atoms with van der Waals surface area (Å²) in [6.45, 7) is 7.43. The van der Waals surface area contributed by atoms with Gasteiger partial charge >= 0.3 is 0 Å². The summed E-state index contributed by atoms with van der Waals surface area (Å²) < 4.78 is 0. The molecule has 0 bridgehead atoms. The van der Waals surface area contributed by atoms with E-state index >= 15 is 0 Å². The van der Waals surface area contributed by atoms with Crippen molar-refractivity contribution < 1.29 is 0 Å². The van der Waals surface area contributed by atoms with Crippen molar-refractivity contribution in [2.75, 3.05) is 0 Å². The van der Waals surface area contributed by atoms with Gasteiger partial charge < -0.3 is 0 Å². The summed E-state index contributed by atoms with van der Waals surface area (Å²) in [5, 5.41) is 0.828. The average molecular weight is 158 g/mol. The molecule has 1 rings (SSSR count). The molecule has 0 aromatic heterocycles. The molecule has 1 aliphatic rings. The van der Waals surface area contributed by atoms with Gasteiger partial charge in [0.25, 0.3) is 0 Å². The lowest BCUT2D eigenvalue weighted by molar-refractivity contribution is 0.726. The number of hydrogen-bond donors (Lipinski definition) is 0. The second-order valence-electron chi connectivity index (χ2n) is 3.51. The third kappa shape index (κ3) is 0.867. The van der Waals surface area contributed by atoms with Crippen LogP contribution >= 0.6 is 0 Å². The molecule has 1 saturated heterocycles. The van der Waals surface area contributed by atoms with Crippen LogP contribution in [0.5, 0.6) is 0 Å². The maximum atomic E-state index is 2.53. The first-order chi connectivity index (χ1) is 3.54. The van der Waals surface area contributed by atoms with Gasteiger partial charge in [-0.15, -0.1) is 0 Å². The Bertz CT molecular complexity index is 128. The molecule has 3 heteroatoms. The van der Waals surface area contributed by atoms with Gasteiger partial charge in [-0.2, -0.15) is 0 Å². The van der Waals surface area contributed by atoms with E-state index in [0.717, 1.165) is 5.04 Å². The standard InChI is InChI=1S/C5H14Si3/c1-5(2)4-7(3)8(5)6/h7H,4,6H2,1-3H3. The molecule has 1 heterocycles. The van der Waals surface area contributed by atoms with Crippen molar-refractivity contribution in [2.24, 2.45) is 0 Å². The molecule has 1 atom stereocenters. The Morgan fingerprint density at radius 3 is 2.12 bits per heavy atom. The van der Waals surface area contributed by atoms with Crippen LogP contribution in [-0.2, 0) is 0 Å². The highest BCUT2D eigenvalue weighted by molar-refractivity contribution is 7.32. The Balaban J connectivity index is 2.61. The molecule has 0 N–H and O–H groups in total. The molecule has 8 heavy (non-hydrogen) atoms. The zero-order valence-electron chi connectivity index (χ0n) is 5.99. The zero-order chi connectivity index (χ0) is 6.36. The minimum absolute atomic E-state index is 0.0741. The Hall–Kier alpha value is 0.651. The average Bonchev–Trinajstić information content (AvgIpc) is 1.65. The van der Waals surface area contributed by atoms with Gasteiger partial charge in [0.2, 0.25) is 0 Å². The summed E-state index contributed by atoms with van der Waals surface area (Å²) in [5.74, 6) is 0. The summed E-state index contributed by atoms with van der Waals surface area (Å²) in [7, 11) is 2.47. The van der Waals surface area contributed by atoms with Crippen LogP contribution in [0.1, 0.15) is 13.8 Å². The van der Waals surface area contributed by atoms with Crippen LogP contribution in [0, 0.1) is 0 Å². The van der Waals surface area contributed by atoms with Gasteiger partial charge in [-0.25, -0.2) is 0 Å². The second-order valence-corrected chi connectivity index (χ2v) is 17.9. The van der Waals surface area contributed by atoms with Crippen molar-refractivity contribution in [3.8, 4) is 0 Å². The van der Waals surface area contributed by atoms with Gasteiger partial charge in [0.15, 0.2) is 0 Å². The number of hydrogen-bond acceptors (Lipinski definition) is 0. The van der Waals surface area contributed by atoms with Crippen LogP contribution in [0.25, 0.3) is 0 Å². The molecule has 0 nitrogen and oxygen atoms in total. The van der Waals surface area contributed by atoms with E-state index in [9.17, 15) is 0 Å². The van der Waals surface area contributed by atoms with Gasteiger partial charge in [-0.1, -0.05) is 26.4 Å². The predicted octanol–water partition coefficient (Wildman–Crippen LogP) is 0.340. The van der Waals surface area contributed by atoms with Crippen LogP contribution < -0.4 is 0 Å². The normalized spacial score (nSPS) is 34.4. The van der Waals surface area contributed by atoms with Crippen LogP contribution in [0.3, 0.4) is 0 Å². The molecule has 1 aliphatic heterocycles. The fourth-order valence-corrected chi connectivity index (χ4v) is 14.1. The van der Waals surface area contributed by atoms with Gasteiger partial charge in [0, 0.05) is 8.31 Å². The molecule has 0 aromatic rings. The van der Waals surface area contributed by atoms with Gasteiger partial charge in [0.05, 0.1) is 0 Å². The van der Waals surface area contributed by atoms with Crippen molar-refractivity contribution in [1.29, 1.82) is 0 Å². The zero-order valence-corrected chi connectivity index (χ0v) is 9.56. The molecular weight excluding hydrogens is 144 g/mol. The summed E-state index contributed by atoms with van der Waals surface area (Å²) in [5.41, 5.74) is 0. The molecule has 46 valence electrons. The van der Waals surface area contributed by atoms with E-state index in [4.69, 9.17) is 0 Å². The van der Waals surface area contributed by atoms with Crippen molar-refractivity contribution in [3.63, 3.8) is 0 Å².